The third-order valence-corrected chi connectivity index (χ3v) is 5.85. The van der Waals surface area contributed by atoms with Crippen molar-refractivity contribution in [2.75, 3.05) is 23.7 Å². The van der Waals surface area contributed by atoms with Crippen LogP contribution in [0.2, 0.25) is 0 Å². The number of carbonyl (C=O) groups excluding carboxylic acids is 2. The number of benzene rings is 2. The molecule has 0 spiro atoms. The molecule has 0 aliphatic rings. The molecule has 2 rings (SSSR count). The highest BCUT2D eigenvalue weighted by Gasteiger charge is 2.29. The fourth-order valence-electron chi connectivity index (χ4n) is 2.98. The Hall–Kier alpha value is -2.94. The molecule has 31 heavy (non-hydrogen) atoms. The first-order valence-corrected chi connectivity index (χ1v) is 11.8. The van der Waals surface area contributed by atoms with Crippen LogP contribution in [0, 0.1) is 5.82 Å². The predicted octanol–water partition coefficient (Wildman–Crippen LogP) is 2.54. The molecule has 0 saturated carbocycles. The van der Waals surface area contributed by atoms with Crippen LogP contribution in [0.25, 0.3) is 0 Å². The van der Waals surface area contributed by atoms with Crippen LogP contribution in [0.3, 0.4) is 0 Å². The minimum Gasteiger partial charge on any atom is -0.354 e. The van der Waals surface area contributed by atoms with Crippen LogP contribution in [-0.2, 0) is 26.2 Å². The van der Waals surface area contributed by atoms with Crippen molar-refractivity contribution in [3.63, 3.8) is 0 Å². The SMILES string of the molecule is CCCNC(=O)C(C)N(Cc1ccccc1)C(=O)CN(c1ccc(F)cc1)S(C)(=O)=O. The van der Waals surface area contributed by atoms with Crippen molar-refractivity contribution in [1.29, 1.82) is 0 Å². The second kappa shape index (κ2) is 10.9. The molecule has 2 aromatic rings. The fourth-order valence-corrected chi connectivity index (χ4v) is 3.83. The number of halogens is 1. The van der Waals surface area contributed by atoms with Crippen LogP contribution in [0.1, 0.15) is 25.8 Å². The summed E-state index contributed by atoms with van der Waals surface area (Å²) in [6, 6.07) is 13.2. The third kappa shape index (κ3) is 7.06. The maximum Gasteiger partial charge on any atom is 0.244 e. The lowest BCUT2D eigenvalue weighted by Gasteiger charge is -2.31. The van der Waals surface area contributed by atoms with Crippen LogP contribution >= 0.6 is 0 Å². The second-order valence-corrected chi connectivity index (χ2v) is 9.13. The molecule has 9 heteroatoms. The van der Waals surface area contributed by atoms with Gasteiger partial charge in [0.2, 0.25) is 21.8 Å². The zero-order chi connectivity index (χ0) is 23.0. The molecule has 0 aromatic heterocycles. The number of carbonyl (C=O) groups is 2. The van der Waals surface area contributed by atoms with E-state index < -0.39 is 34.3 Å². The van der Waals surface area contributed by atoms with E-state index in [1.54, 1.807) is 6.92 Å². The Morgan fingerprint density at radius 2 is 1.68 bits per heavy atom. The number of rotatable bonds is 10. The number of anilines is 1. The first-order chi connectivity index (χ1) is 14.6. The summed E-state index contributed by atoms with van der Waals surface area (Å²) >= 11 is 0. The molecule has 168 valence electrons. The molecule has 1 unspecified atom stereocenters. The van der Waals surface area contributed by atoms with Crippen molar-refractivity contribution < 1.29 is 22.4 Å². The fraction of sp³-hybridized carbons (Fsp3) is 0.364. The standard InChI is InChI=1S/C22H28FN3O4S/c1-4-14-24-22(28)17(2)25(15-18-8-6-5-7-9-18)21(27)16-26(31(3,29)30)20-12-10-19(23)11-13-20/h5-13,17H,4,14-16H2,1-3H3,(H,24,28). The summed E-state index contributed by atoms with van der Waals surface area (Å²) in [7, 11) is -3.83. The van der Waals surface area contributed by atoms with Crippen LogP contribution < -0.4 is 9.62 Å². The first-order valence-electron chi connectivity index (χ1n) is 9.98. The number of hydrogen-bond donors (Lipinski definition) is 1. The Kier molecular flexibility index (Phi) is 8.56. The quantitative estimate of drug-likeness (QED) is 0.604. The van der Waals surface area contributed by atoms with Crippen LogP contribution in [0.15, 0.2) is 54.6 Å². The van der Waals surface area contributed by atoms with Gasteiger partial charge in [0.1, 0.15) is 18.4 Å². The highest BCUT2D eigenvalue weighted by Crippen LogP contribution is 2.19. The second-order valence-electron chi connectivity index (χ2n) is 7.22. The summed E-state index contributed by atoms with van der Waals surface area (Å²) in [6.45, 7) is 3.63. The topological polar surface area (TPSA) is 86.8 Å². The maximum absolute atomic E-state index is 13.3. The molecule has 0 heterocycles. The Morgan fingerprint density at radius 1 is 1.06 bits per heavy atom. The summed E-state index contributed by atoms with van der Waals surface area (Å²) in [6.07, 6.45) is 1.72. The molecule has 2 amide bonds. The molecule has 0 radical (unpaired) electrons. The lowest BCUT2D eigenvalue weighted by atomic mass is 10.1. The number of amides is 2. The zero-order valence-electron chi connectivity index (χ0n) is 17.9. The average Bonchev–Trinajstić information content (AvgIpc) is 2.74. The Morgan fingerprint density at radius 3 is 2.23 bits per heavy atom. The van der Waals surface area contributed by atoms with E-state index in [1.165, 1.54) is 17.0 Å². The Bertz CT molecular complexity index is 982. The first kappa shape index (κ1) is 24.3. The normalized spacial score (nSPS) is 12.1. The van der Waals surface area contributed by atoms with Gasteiger partial charge in [-0.2, -0.15) is 0 Å². The van der Waals surface area contributed by atoms with Gasteiger partial charge in [-0.05, 0) is 43.2 Å². The van der Waals surface area contributed by atoms with Gasteiger partial charge in [-0.15, -0.1) is 0 Å². The number of nitrogens with one attached hydrogen (secondary N) is 1. The van der Waals surface area contributed by atoms with Crippen LogP contribution in [-0.4, -0.2) is 50.5 Å². The average molecular weight is 450 g/mol. The highest BCUT2D eigenvalue weighted by molar-refractivity contribution is 7.92. The smallest absolute Gasteiger partial charge is 0.244 e. The molecule has 0 bridgehead atoms. The number of sulfonamides is 1. The molecular formula is C22H28FN3O4S. The van der Waals surface area contributed by atoms with Gasteiger partial charge >= 0.3 is 0 Å². The van der Waals surface area contributed by atoms with Gasteiger partial charge in [0, 0.05) is 13.1 Å². The summed E-state index contributed by atoms with van der Waals surface area (Å²) in [5, 5.41) is 2.77. The summed E-state index contributed by atoms with van der Waals surface area (Å²) in [4.78, 5) is 27.1. The lowest BCUT2D eigenvalue weighted by molar-refractivity contribution is -0.139. The van der Waals surface area contributed by atoms with E-state index in [4.69, 9.17) is 0 Å². The third-order valence-electron chi connectivity index (χ3n) is 4.71. The molecule has 1 N–H and O–H groups in total. The van der Waals surface area contributed by atoms with E-state index in [0.29, 0.717) is 6.54 Å². The monoisotopic (exact) mass is 449 g/mol. The summed E-state index contributed by atoms with van der Waals surface area (Å²) < 4.78 is 38.9. The summed E-state index contributed by atoms with van der Waals surface area (Å²) in [5.74, 6) is -1.38. The van der Waals surface area contributed by atoms with Crippen LogP contribution in [0.5, 0.6) is 0 Å². The minimum absolute atomic E-state index is 0.140. The van der Waals surface area contributed by atoms with Gasteiger partial charge < -0.3 is 10.2 Å². The van der Waals surface area contributed by atoms with Crippen molar-refractivity contribution in [1.82, 2.24) is 10.2 Å². The van der Waals surface area contributed by atoms with E-state index >= 15 is 0 Å². The molecule has 0 aliphatic carbocycles. The molecule has 2 aromatic carbocycles. The van der Waals surface area contributed by atoms with Crippen molar-refractivity contribution in [2.45, 2.75) is 32.9 Å². The van der Waals surface area contributed by atoms with Gasteiger partial charge in [-0.3, -0.25) is 13.9 Å². The van der Waals surface area contributed by atoms with Gasteiger partial charge in [-0.25, -0.2) is 12.8 Å². The van der Waals surface area contributed by atoms with E-state index in [0.717, 1.165) is 34.7 Å². The largest absolute Gasteiger partial charge is 0.354 e. The number of nitrogens with zero attached hydrogens (tertiary/aromatic N) is 2. The van der Waals surface area contributed by atoms with Crippen molar-refractivity contribution in [3.8, 4) is 0 Å². The van der Waals surface area contributed by atoms with Gasteiger partial charge in [0.15, 0.2) is 0 Å². The van der Waals surface area contributed by atoms with Crippen LogP contribution in [0.4, 0.5) is 10.1 Å². The van der Waals surface area contributed by atoms with Crippen molar-refractivity contribution in [3.05, 3.63) is 66.0 Å². The molecule has 7 nitrogen and oxygen atoms in total. The maximum atomic E-state index is 13.3. The van der Waals surface area contributed by atoms with Gasteiger partial charge in [-0.1, -0.05) is 37.3 Å². The molecule has 0 aliphatic heterocycles. The Balaban J connectivity index is 2.32. The molecule has 0 saturated heterocycles. The van der Waals surface area contributed by atoms with E-state index in [-0.39, 0.29) is 18.1 Å². The summed E-state index contributed by atoms with van der Waals surface area (Å²) in [5.41, 5.74) is 0.971. The molecular weight excluding hydrogens is 421 g/mol. The van der Waals surface area contributed by atoms with Gasteiger partial charge in [0.05, 0.1) is 11.9 Å². The highest BCUT2D eigenvalue weighted by atomic mass is 32.2. The molecule has 0 fully saturated rings. The zero-order valence-corrected chi connectivity index (χ0v) is 18.7. The van der Waals surface area contributed by atoms with E-state index in [9.17, 15) is 22.4 Å². The van der Waals surface area contributed by atoms with E-state index in [1.807, 2.05) is 37.3 Å². The Labute approximate surface area is 182 Å². The predicted molar refractivity (Wildman–Crippen MR) is 118 cm³/mol. The minimum atomic E-state index is -3.83. The number of hydrogen-bond acceptors (Lipinski definition) is 4. The van der Waals surface area contributed by atoms with Crippen molar-refractivity contribution in [2.24, 2.45) is 0 Å². The van der Waals surface area contributed by atoms with Gasteiger partial charge in [0.25, 0.3) is 0 Å². The van der Waals surface area contributed by atoms with E-state index in [2.05, 4.69) is 5.32 Å². The molecule has 1 atom stereocenters. The van der Waals surface area contributed by atoms with Crippen molar-refractivity contribution >= 4 is 27.5 Å². The lowest BCUT2D eigenvalue weighted by Crippen LogP contribution is -2.51.